The average molecular weight is 316 g/mol. The molecule has 0 saturated carbocycles. The van der Waals surface area contributed by atoms with E-state index in [4.69, 9.17) is 27.9 Å². The van der Waals surface area contributed by atoms with Crippen molar-refractivity contribution in [1.82, 2.24) is 5.32 Å². The number of unbranched alkanes of at least 4 members (excludes halogenated alkanes) is 1. The van der Waals surface area contributed by atoms with Gasteiger partial charge in [-0.05, 0) is 45.7 Å². The van der Waals surface area contributed by atoms with E-state index in [1.54, 1.807) is 6.07 Å². The zero-order valence-electron chi connectivity index (χ0n) is 12.4. The second-order valence-corrected chi connectivity index (χ2v) is 6.60. The second-order valence-electron chi connectivity index (χ2n) is 5.76. The summed E-state index contributed by atoms with van der Waals surface area (Å²) >= 11 is 12.3. The monoisotopic (exact) mass is 315 g/mol. The Morgan fingerprint density at radius 2 is 2.00 bits per heavy atom. The van der Waals surface area contributed by atoms with Crippen LogP contribution in [0.3, 0.4) is 0 Å². The minimum atomic E-state index is 0.0227. The first-order chi connectivity index (χ1) is 9.33. The zero-order valence-corrected chi connectivity index (χ0v) is 13.9. The Kier molecular flexibility index (Phi) is 6.87. The summed E-state index contributed by atoms with van der Waals surface area (Å²) in [6.07, 6.45) is 3.74. The van der Waals surface area contributed by atoms with E-state index in [1.165, 1.54) is 0 Å². The van der Waals surface area contributed by atoms with Crippen LogP contribution in [-0.2, 0) is 6.54 Å². The standard InChI is InChI=1S/C16H23Cl2NO/c1-5-6-7-8-20-15-12(11-19-16(2,3)4)9-13(17)10-14(15)18/h5,9-10,19H,1,6-8,11H2,2-4H3. The quantitative estimate of drug-likeness (QED) is 0.549. The molecule has 0 aliphatic rings. The molecule has 1 aromatic carbocycles. The number of hydrogen-bond acceptors (Lipinski definition) is 2. The van der Waals surface area contributed by atoms with Gasteiger partial charge >= 0.3 is 0 Å². The van der Waals surface area contributed by atoms with Gasteiger partial charge in [-0.1, -0.05) is 29.3 Å². The van der Waals surface area contributed by atoms with E-state index < -0.39 is 0 Å². The third kappa shape index (κ3) is 6.17. The highest BCUT2D eigenvalue weighted by molar-refractivity contribution is 6.35. The summed E-state index contributed by atoms with van der Waals surface area (Å²) in [5.41, 5.74) is 1.01. The summed E-state index contributed by atoms with van der Waals surface area (Å²) in [5.74, 6) is 0.719. The van der Waals surface area contributed by atoms with Crippen molar-refractivity contribution in [1.29, 1.82) is 0 Å². The fraction of sp³-hybridized carbons (Fsp3) is 0.500. The van der Waals surface area contributed by atoms with E-state index in [0.717, 1.165) is 24.2 Å². The van der Waals surface area contributed by atoms with E-state index in [0.29, 0.717) is 23.2 Å². The highest BCUT2D eigenvalue weighted by Crippen LogP contribution is 2.33. The minimum Gasteiger partial charge on any atom is -0.492 e. The van der Waals surface area contributed by atoms with Crippen LogP contribution >= 0.6 is 23.2 Å². The molecule has 0 bridgehead atoms. The largest absolute Gasteiger partial charge is 0.492 e. The molecule has 20 heavy (non-hydrogen) atoms. The number of ether oxygens (including phenoxy) is 1. The number of nitrogens with one attached hydrogen (secondary N) is 1. The maximum atomic E-state index is 6.24. The predicted octanol–water partition coefficient (Wildman–Crippen LogP) is 5.23. The molecule has 112 valence electrons. The molecule has 4 heteroatoms. The first-order valence-electron chi connectivity index (χ1n) is 6.80. The molecule has 0 unspecified atom stereocenters. The van der Waals surface area contributed by atoms with Crippen LogP contribution in [0.2, 0.25) is 10.0 Å². The summed E-state index contributed by atoms with van der Waals surface area (Å²) in [5, 5.41) is 4.60. The van der Waals surface area contributed by atoms with Crippen LogP contribution in [0.5, 0.6) is 5.75 Å². The van der Waals surface area contributed by atoms with Gasteiger partial charge in [0.2, 0.25) is 0 Å². The van der Waals surface area contributed by atoms with E-state index >= 15 is 0 Å². The summed E-state index contributed by atoms with van der Waals surface area (Å²) in [4.78, 5) is 0. The van der Waals surface area contributed by atoms with Crippen LogP contribution in [0.15, 0.2) is 24.8 Å². The highest BCUT2D eigenvalue weighted by atomic mass is 35.5. The van der Waals surface area contributed by atoms with Crippen LogP contribution in [-0.4, -0.2) is 12.1 Å². The molecule has 0 spiro atoms. The van der Waals surface area contributed by atoms with Gasteiger partial charge in [0, 0.05) is 22.7 Å². The Morgan fingerprint density at radius 1 is 1.30 bits per heavy atom. The Hall–Kier alpha value is -0.700. The fourth-order valence-corrected chi connectivity index (χ4v) is 2.26. The molecule has 1 N–H and O–H groups in total. The predicted molar refractivity (Wildman–Crippen MR) is 88.0 cm³/mol. The van der Waals surface area contributed by atoms with E-state index in [9.17, 15) is 0 Å². The van der Waals surface area contributed by atoms with Crippen molar-refractivity contribution in [2.24, 2.45) is 0 Å². The molecule has 0 saturated heterocycles. The molecule has 0 aliphatic carbocycles. The summed E-state index contributed by atoms with van der Waals surface area (Å²) in [7, 11) is 0. The van der Waals surface area contributed by atoms with Crippen LogP contribution in [0, 0.1) is 0 Å². The van der Waals surface area contributed by atoms with Crippen molar-refractivity contribution in [3.63, 3.8) is 0 Å². The minimum absolute atomic E-state index is 0.0227. The maximum absolute atomic E-state index is 6.24. The van der Waals surface area contributed by atoms with Gasteiger partial charge in [0.15, 0.2) is 0 Å². The molecular weight excluding hydrogens is 293 g/mol. The van der Waals surface area contributed by atoms with Crippen molar-refractivity contribution < 1.29 is 4.74 Å². The Morgan fingerprint density at radius 3 is 2.60 bits per heavy atom. The lowest BCUT2D eigenvalue weighted by atomic mass is 10.1. The second kappa shape index (κ2) is 7.92. The van der Waals surface area contributed by atoms with Gasteiger partial charge in [0.25, 0.3) is 0 Å². The Bertz CT molecular complexity index is 453. The van der Waals surface area contributed by atoms with Crippen molar-refractivity contribution in [3.8, 4) is 5.75 Å². The summed E-state index contributed by atoms with van der Waals surface area (Å²) in [6, 6.07) is 3.61. The van der Waals surface area contributed by atoms with Gasteiger partial charge in [-0.25, -0.2) is 0 Å². The number of halogens is 2. The lowest BCUT2D eigenvalue weighted by Crippen LogP contribution is -2.35. The lowest BCUT2D eigenvalue weighted by molar-refractivity contribution is 0.306. The lowest BCUT2D eigenvalue weighted by Gasteiger charge is -2.22. The Labute approximate surface area is 132 Å². The topological polar surface area (TPSA) is 21.3 Å². The van der Waals surface area contributed by atoms with Gasteiger partial charge in [-0.3, -0.25) is 0 Å². The molecule has 0 aromatic heterocycles. The maximum Gasteiger partial charge on any atom is 0.142 e. The van der Waals surface area contributed by atoms with Gasteiger partial charge < -0.3 is 10.1 Å². The molecule has 0 fully saturated rings. The smallest absolute Gasteiger partial charge is 0.142 e. The third-order valence-corrected chi connectivity index (χ3v) is 3.19. The molecule has 0 amide bonds. The number of hydrogen-bond donors (Lipinski definition) is 1. The van der Waals surface area contributed by atoms with Crippen molar-refractivity contribution in [2.45, 2.75) is 45.7 Å². The SMILES string of the molecule is C=CCCCOc1c(Cl)cc(Cl)cc1CNC(C)(C)C. The van der Waals surface area contributed by atoms with Crippen LogP contribution in [0.4, 0.5) is 0 Å². The third-order valence-electron chi connectivity index (χ3n) is 2.69. The first-order valence-corrected chi connectivity index (χ1v) is 7.55. The molecule has 1 aromatic rings. The molecule has 2 nitrogen and oxygen atoms in total. The zero-order chi connectivity index (χ0) is 15.2. The van der Waals surface area contributed by atoms with Crippen LogP contribution in [0.25, 0.3) is 0 Å². The Balaban J connectivity index is 2.81. The van der Waals surface area contributed by atoms with Crippen LogP contribution < -0.4 is 10.1 Å². The fourth-order valence-electron chi connectivity index (χ4n) is 1.67. The molecule has 0 heterocycles. The highest BCUT2D eigenvalue weighted by Gasteiger charge is 2.14. The van der Waals surface area contributed by atoms with E-state index in [2.05, 4.69) is 32.7 Å². The van der Waals surface area contributed by atoms with Gasteiger partial charge in [-0.2, -0.15) is 0 Å². The molecular formula is C16H23Cl2NO. The van der Waals surface area contributed by atoms with Gasteiger partial charge in [0.05, 0.1) is 11.6 Å². The average Bonchev–Trinajstić information content (AvgIpc) is 2.33. The molecule has 0 aliphatic heterocycles. The normalized spacial score (nSPS) is 11.4. The van der Waals surface area contributed by atoms with E-state index in [-0.39, 0.29) is 5.54 Å². The van der Waals surface area contributed by atoms with Crippen molar-refractivity contribution in [2.75, 3.05) is 6.61 Å². The van der Waals surface area contributed by atoms with Gasteiger partial charge in [-0.15, -0.1) is 6.58 Å². The molecule has 0 radical (unpaired) electrons. The van der Waals surface area contributed by atoms with E-state index in [1.807, 2.05) is 12.1 Å². The van der Waals surface area contributed by atoms with Crippen molar-refractivity contribution >= 4 is 23.2 Å². The summed E-state index contributed by atoms with van der Waals surface area (Å²) < 4.78 is 5.81. The number of allylic oxidation sites excluding steroid dienone is 1. The molecule has 1 rings (SSSR count). The molecule has 0 atom stereocenters. The van der Waals surface area contributed by atoms with Crippen molar-refractivity contribution in [3.05, 3.63) is 40.4 Å². The van der Waals surface area contributed by atoms with Crippen LogP contribution in [0.1, 0.15) is 39.2 Å². The number of rotatable bonds is 7. The number of benzene rings is 1. The van der Waals surface area contributed by atoms with Gasteiger partial charge in [0.1, 0.15) is 5.75 Å². The first kappa shape index (κ1) is 17.4. The summed E-state index contributed by atoms with van der Waals surface area (Å²) in [6.45, 7) is 11.3.